The van der Waals surface area contributed by atoms with Crippen LogP contribution in [0.1, 0.15) is 50.9 Å². The highest BCUT2D eigenvalue weighted by atomic mass is 15.0. The van der Waals surface area contributed by atoms with E-state index in [2.05, 4.69) is 86.9 Å². The second-order valence-electron chi connectivity index (χ2n) is 6.05. The highest BCUT2D eigenvalue weighted by Gasteiger charge is 2.14. The summed E-state index contributed by atoms with van der Waals surface area (Å²) in [6.07, 6.45) is 3.41. The van der Waals surface area contributed by atoms with Gasteiger partial charge in [-0.05, 0) is 62.6 Å². The first-order chi connectivity index (χ1) is 11.6. The third-order valence-electron chi connectivity index (χ3n) is 4.38. The van der Waals surface area contributed by atoms with Gasteiger partial charge in [0, 0.05) is 16.8 Å². The third-order valence-corrected chi connectivity index (χ3v) is 4.38. The fourth-order valence-corrected chi connectivity index (χ4v) is 2.94. The van der Waals surface area contributed by atoms with Crippen LogP contribution in [0.4, 0.5) is 0 Å². The summed E-state index contributed by atoms with van der Waals surface area (Å²) in [6, 6.07) is 17.4. The Kier molecular flexibility index (Phi) is 6.03. The molecule has 1 nitrogen and oxygen atoms in total. The van der Waals surface area contributed by atoms with Crippen LogP contribution < -0.4 is 0 Å². The molecule has 0 unspecified atom stereocenters. The molecule has 3 aromatic rings. The molecule has 0 aliphatic heterocycles. The van der Waals surface area contributed by atoms with Gasteiger partial charge >= 0.3 is 0 Å². The molecule has 126 valence electrons. The summed E-state index contributed by atoms with van der Waals surface area (Å²) in [6.45, 7) is 12.8. The first kappa shape index (κ1) is 18.1. The third kappa shape index (κ3) is 3.46. The van der Waals surface area contributed by atoms with E-state index in [1.165, 1.54) is 39.0 Å². The van der Waals surface area contributed by atoms with E-state index in [0.29, 0.717) is 0 Å². The molecular formula is C23H29N. The summed E-state index contributed by atoms with van der Waals surface area (Å²) >= 11 is 0. The number of allylic oxidation sites excluding steroid dienone is 1. The Morgan fingerprint density at radius 2 is 1.67 bits per heavy atom. The van der Waals surface area contributed by atoms with Gasteiger partial charge in [-0.3, -0.25) is 0 Å². The van der Waals surface area contributed by atoms with Gasteiger partial charge in [-0.25, -0.2) is 0 Å². The Hall–Kier alpha value is -2.28. The van der Waals surface area contributed by atoms with E-state index in [-0.39, 0.29) is 0 Å². The maximum absolute atomic E-state index is 2.39. The highest BCUT2D eigenvalue weighted by molar-refractivity contribution is 5.90. The molecule has 0 aliphatic rings. The molecule has 0 radical (unpaired) electrons. The Morgan fingerprint density at radius 1 is 1.00 bits per heavy atom. The lowest BCUT2D eigenvalue weighted by Gasteiger charge is -2.10. The van der Waals surface area contributed by atoms with Gasteiger partial charge in [-0.2, -0.15) is 0 Å². The SMILES string of the molecule is CC.CC/C(C)=C\c1c(C)c2ccc(C)cc2n1-c1ccccc1. The quantitative estimate of drug-likeness (QED) is 0.486. The molecule has 0 saturated heterocycles. The van der Waals surface area contributed by atoms with E-state index in [1.54, 1.807) is 0 Å². The topological polar surface area (TPSA) is 4.93 Å². The normalized spacial score (nSPS) is 11.3. The molecular weight excluding hydrogens is 290 g/mol. The molecule has 0 N–H and O–H groups in total. The molecule has 0 bridgehead atoms. The van der Waals surface area contributed by atoms with Crippen molar-refractivity contribution in [3.63, 3.8) is 0 Å². The van der Waals surface area contributed by atoms with Crippen molar-refractivity contribution < 1.29 is 0 Å². The lowest BCUT2D eigenvalue weighted by atomic mass is 10.1. The van der Waals surface area contributed by atoms with E-state index in [4.69, 9.17) is 0 Å². The van der Waals surface area contributed by atoms with Crippen molar-refractivity contribution in [1.82, 2.24) is 4.57 Å². The maximum atomic E-state index is 2.39. The standard InChI is InChI=1S/C21H23N.C2H6/c1-5-15(2)13-20-17(4)19-12-11-16(3)14-21(19)22(20)18-9-7-6-8-10-18;1-2/h6-14H,5H2,1-4H3;1-2H3/b15-13-;. The first-order valence-corrected chi connectivity index (χ1v) is 8.96. The van der Waals surface area contributed by atoms with Crippen LogP contribution in [0.3, 0.4) is 0 Å². The molecule has 0 aliphatic carbocycles. The number of benzene rings is 2. The number of para-hydroxylation sites is 1. The highest BCUT2D eigenvalue weighted by Crippen LogP contribution is 2.31. The van der Waals surface area contributed by atoms with Crippen LogP contribution in [0, 0.1) is 13.8 Å². The van der Waals surface area contributed by atoms with Gasteiger partial charge in [-0.1, -0.05) is 56.7 Å². The molecule has 1 aromatic heterocycles. The molecule has 0 spiro atoms. The zero-order valence-electron chi connectivity index (χ0n) is 15.9. The van der Waals surface area contributed by atoms with Crippen molar-refractivity contribution in [1.29, 1.82) is 0 Å². The van der Waals surface area contributed by atoms with E-state index in [1.807, 2.05) is 13.8 Å². The second kappa shape index (κ2) is 8.01. The Labute approximate surface area is 146 Å². The van der Waals surface area contributed by atoms with Crippen molar-refractivity contribution in [3.8, 4) is 5.69 Å². The number of aromatic nitrogens is 1. The molecule has 0 fully saturated rings. The van der Waals surface area contributed by atoms with Crippen LogP contribution in [0.5, 0.6) is 0 Å². The van der Waals surface area contributed by atoms with Crippen LogP contribution in [0.2, 0.25) is 0 Å². The monoisotopic (exact) mass is 319 g/mol. The number of rotatable bonds is 3. The fraction of sp³-hybridized carbons (Fsp3) is 0.304. The summed E-state index contributed by atoms with van der Waals surface area (Å²) in [5, 5.41) is 1.34. The summed E-state index contributed by atoms with van der Waals surface area (Å²) in [7, 11) is 0. The molecule has 0 amide bonds. The van der Waals surface area contributed by atoms with Crippen molar-refractivity contribution >= 4 is 17.0 Å². The van der Waals surface area contributed by atoms with Gasteiger partial charge in [-0.15, -0.1) is 0 Å². The molecule has 24 heavy (non-hydrogen) atoms. The first-order valence-electron chi connectivity index (χ1n) is 8.96. The summed E-state index contributed by atoms with van der Waals surface area (Å²) in [5.74, 6) is 0. The minimum absolute atomic E-state index is 1.08. The minimum Gasteiger partial charge on any atom is -0.310 e. The van der Waals surface area contributed by atoms with E-state index >= 15 is 0 Å². The maximum Gasteiger partial charge on any atom is 0.0540 e. The molecule has 0 saturated carbocycles. The van der Waals surface area contributed by atoms with Gasteiger partial charge in [0.25, 0.3) is 0 Å². The van der Waals surface area contributed by atoms with Gasteiger partial charge in [0.2, 0.25) is 0 Å². The van der Waals surface area contributed by atoms with Crippen LogP contribution in [0.25, 0.3) is 22.7 Å². The predicted molar refractivity (Wildman–Crippen MR) is 108 cm³/mol. The van der Waals surface area contributed by atoms with Crippen LogP contribution in [-0.4, -0.2) is 4.57 Å². The summed E-state index contributed by atoms with van der Waals surface area (Å²) < 4.78 is 2.39. The molecule has 1 heterocycles. The lowest BCUT2D eigenvalue weighted by molar-refractivity contribution is 1.07. The fourth-order valence-electron chi connectivity index (χ4n) is 2.94. The zero-order chi connectivity index (χ0) is 17.7. The van der Waals surface area contributed by atoms with Crippen LogP contribution in [0.15, 0.2) is 54.1 Å². The predicted octanol–water partition coefficient (Wildman–Crippen LogP) is 7.09. The smallest absolute Gasteiger partial charge is 0.0540 e. The second-order valence-corrected chi connectivity index (χ2v) is 6.05. The van der Waals surface area contributed by atoms with Crippen molar-refractivity contribution in [3.05, 3.63) is 70.9 Å². The number of fused-ring (bicyclic) bond motifs is 1. The average molecular weight is 319 g/mol. The summed E-state index contributed by atoms with van der Waals surface area (Å²) in [4.78, 5) is 0. The van der Waals surface area contributed by atoms with Crippen LogP contribution in [-0.2, 0) is 0 Å². The van der Waals surface area contributed by atoms with Gasteiger partial charge in [0.05, 0.1) is 5.52 Å². The van der Waals surface area contributed by atoms with Gasteiger partial charge in [0.15, 0.2) is 0 Å². The molecule has 3 rings (SSSR count). The van der Waals surface area contributed by atoms with E-state index < -0.39 is 0 Å². The minimum atomic E-state index is 1.08. The van der Waals surface area contributed by atoms with Crippen molar-refractivity contribution in [2.75, 3.05) is 0 Å². The Bertz CT molecular complexity index is 835. The van der Waals surface area contributed by atoms with E-state index in [9.17, 15) is 0 Å². The number of nitrogens with zero attached hydrogens (tertiary/aromatic N) is 1. The Morgan fingerprint density at radius 3 is 2.29 bits per heavy atom. The number of aryl methyl sites for hydroxylation is 2. The van der Waals surface area contributed by atoms with Crippen LogP contribution >= 0.6 is 0 Å². The van der Waals surface area contributed by atoms with E-state index in [0.717, 1.165) is 6.42 Å². The van der Waals surface area contributed by atoms with Gasteiger partial charge in [0.1, 0.15) is 0 Å². The number of hydrogen-bond donors (Lipinski definition) is 0. The Balaban J connectivity index is 0.00000100. The van der Waals surface area contributed by atoms with Crippen molar-refractivity contribution in [2.45, 2.75) is 48.0 Å². The molecule has 0 atom stereocenters. The summed E-state index contributed by atoms with van der Waals surface area (Å²) in [5.41, 5.74) is 7.86. The number of hydrogen-bond acceptors (Lipinski definition) is 0. The molecule has 2 aromatic carbocycles. The largest absolute Gasteiger partial charge is 0.310 e. The lowest BCUT2D eigenvalue weighted by Crippen LogP contribution is -1.97. The zero-order valence-corrected chi connectivity index (χ0v) is 15.9. The molecule has 1 heteroatoms. The van der Waals surface area contributed by atoms with Gasteiger partial charge < -0.3 is 4.57 Å². The average Bonchev–Trinajstić information content (AvgIpc) is 2.88. The van der Waals surface area contributed by atoms with Crippen molar-refractivity contribution in [2.24, 2.45) is 0 Å².